The van der Waals surface area contributed by atoms with Crippen LogP contribution >= 0.6 is 15.9 Å². The number of benzene rings is 1. The summed E-state index contributed by atoms with van der Waals surface area (Å²) in [6, 6.07) is 6.77. The van der Waals surface area contributed by atoms with Gasteiger partial charge in [0.05, 0.1) is 5.56 Å². The minimum absolute atomic E-state index is 0.227. The Kier molecular flexibility index (Phi) is 4.92. The zero-order valence-corrected chi connectivity index (χ0v) is 12.7. The maximum absolute atomic E-state index is 12.2. The molecule has 0 radical (unpaired) electrons. The number of hydrogen-bond donors (Lipinski definition) is 3. The van der Waals surface area contributed by atoms with Crippen LogP contribution in [0.1, 0.15) is 16.8 Å². The van der Waals surface area contributed by atoms with Crippen LogP contribution in [-0.4, -0.2) is 31.0 Å². The predicted molar refractivity (Wildman–Crippen MR) is 83.1 cm³/mol. The number of carbonyl (C=O) groups is 1. The Morgan fingerprint density at radius 2 is 2.10 bits per heavy atom. The number of nitrogens with one attached hydrogen (secondary N) is 3. The smallest absolute Gasteiger partial charge is 0.252 e. The fourth-order valence-corrected chi connectivity index (χ4v) is 2.34. The number of pyridine rings is 1. The van der Waals surface area contributed by atoms with Crippen molar-refractivity contribution in [3.63, 3.8) is 0 Å². The van der Waals surface area contributed by atoms with Gasteiger partial charge in [-0.2, -0.15) is 0 Å². The Labute approximate surface area is 124 Å². The van der Waals surface area contributed by atoms with E-state index in [1.54, 1.807) is 6.07 Å². The monoisotopic (exact) mass is 337 g/mol. The number of aromatic nitrogens is 1. The normalized spacial score (nSPS) is 10.7. The molecule has 1 aromatic carbocycles. The van der Waals surface area contributed by atoms with Crippen molar-refractivity contribution >= 4 is 32.7 Å². The van der Waals surface area contributed by atoms with Gasteiger partial charge in [0.2, 0.25) is 5.56 Å². The molecule has 1 heterocycles. The Hall–Kier alpha value is -1.66. The summed E-state index contributed by atoms with van der Waals surface area (Å²) in [6.07, 6.45) is 0.840. The number of fused-ring (bicyclic) bond motifs is 1. The highest BCUT2D eigenvalue weighted by Gasteiger charge is 2.11. The molecule has 2 aromatic rings. The molecule has 3 N–H and O–H groups in total. The summed E-state index contributed by atoms with van der Waals surface area (Å²) in [5, 5.41) is 6.57. The van der Waals surface area contributed by atoms with Crippen LogP contribution in [0.15, 0.2) is 33.5 Å². The highest BCUT2D eigenvalue weighted by atomic mass is 79.9. The lowest BCUT2D eigenvalue weighted by Crippen LogP contribution is -2.27. The molecule has 106 valence electrons. The molecule has 0 unspecified atom stereocenters. The van der Waals surface area contributed by atoms with Crippen LogP contribution in [0.4, 0.5) is 0 Å². The maximum atomic E-state index is 12.2. The zero-order chi connectivity index (χ0) is 14.5. The number of hydrogen-bond acceptors (Lipinski definition) is 3. The van der Waals surface area contributed by atoms with Crippen LogP contribution < -0.4 is 16.2 Å². The van der Waals surface area contributed by atoms with Crippen molar-refractivity contribution < 1.29 is 4.79 Å². The molecule has 0 aliphatic carbocycles. The number of aromatic amines is 1. The number of halogens is 1. The lowest BCUT2D eigenvalue weighted by molar-refractivity contribution is 0.0955. The van der Waals surface area contributed by atoms with Crippen molar-refractivity contribution in [2.75, 3.05) is 20.1 Å². The lowest BCUT2D eigenvalue weighted by atomic mass is 10.1. The highest BCUT2D eigenvalue weighted by Crippen LogP contribution is 2.20. The molecule has 0 saturated carbocycles. The molecule has 6 heteroatoms. The zero-order valence-electron chi connectivity index (χ0n) is 11.1. The highest BCUT2D eigenvalue weighted by molar-refractivity contribution is 9.10. The van der Waals surface area contributed by atoms with Gasteiger partial charge in [0.1, 0.15) is 0 Å². The first kappa shape index (κ1) is 14.7. The van der Waals surface area contributed by atoms with Gasteiger partial charge in [0.25, 0.3) is 5.91 Å². The summed E-state index contributed by atoms with van der Waals surface area (Å²) >= 11 is 3.38. The molecule has 1 aromatic heterocycles. The van der Waals surface area contributed by atoms with Crippen molar-refractivity contribution in [1.82, 2.24) is 15.6 Å². The van der Waals surface area contributed by atoms with Crippen molar-refractivity contribution in [2.45, 2.75) is 6.42 Å². The SMILES string of the molecule is CNCCCNC(=O)c1cc(=O)[nH]c2ccc(Br)cc12. The second-order valence-corrected chi connectivity index (χ2v) is 5.37. The van der Waals surface area contributed by atoms with Crippen LogP contribution in [0.25, 0.3) is 10.9 Å². The summed E-state index contributed by atoms with van der Waals surface area (Å²) in [6.45, 7) is 1.41. The third-order valence-electron chi connectivity index (χ3n) is 2.94. The van der Waals surface area contributed by atoms with E-state index in [1.807, 2.05) is 19.2 Å². The third-order valence-corrected chi connectivity index (χ3v) is 3.43. The second kappa shape index (κ2) is 6.67. The molecular formula is C14H16BrN3O2. The second-order valence-electron chi connectivity index (χ2n) is 4.45. The average Bonchev–Trinajstić information content (AvgIpc) is 2.43. The van der Waals surface area contributed by atoms with E-state index in [4.69, 9.17) is 0 Å². The first-order valence-corrected chi connectivity index (χ1v) is 7.16. The van der Waals surface area contributed by atoms with Crippen LogP contribution in [0.3, 0.4) is 0 Å². The molecule has 0 spiro atoms. The van der Waals surface area contributed by atoms with Gasteiger partial charge in [-0.15, -0.1) is 0 Å². The van der Waals surface area contributed by atoms with Crippen LogP contribution in [0.5, 0.6) is 0 Å². The van der Waals surface area contributed by atoms with E-state index in [9.17, 15) is 9.59 Å². The molecule has 20 heavy (non-hydrogen) atoms. The molecule has 0 saturated heterocycles. The third kappa shape index (κ3) is 3.46. The molecule has 0 aliphatic heterocycles. The van der Waals surface area contributed by atoms with E-state index < -0.39 is 0 Å². The largest absolute Gasteiger partial charge is 0.352 e. The quantitative estimate of drug-likeness (QED) is 0.726. The molecule has 0 fully saturated rings. The fraction of sp³-hybridized carbons (Fsp3) is 0.286. The molecule has 0 atom stereocenters. The molecule has 0 aliphatic rings. The van der Waals surface area contributed by atoms with Crippen LogP contribution in [-0.2, 0) is 0 Å². The summed E-state index contributed by atoms with van der Waals surface area (Å²) < 4.78 is 0.862. The lowest BCUT2D eigenvalue weighted by Gasteiger charge is -2.08. The Balaban J connectivity index is 2.30. The minimum atomic E-state index is -0.278. The predicted octanol–water partition coefficient (Wildman–Crippen LogP) is 1.63. The van der Waals surface area contributed by atoms with Gasteiger partial charge in [-0.05, 0) is 38.2 Å². The summed E-state index contributed by atoms with van der Waals surface area (Å²) in [5.41, 5.74) is 0.774. The van der Waals surface area contributed by atoms with E-state index in [0.717, 1.165) is 22.8 Å². The Morgan fingerprint density at radius 1 is 1.30 bits per heavy atom. The molecule has 0 bridgehead atoms. The summed E-state index contributed by atoms with van der Waals surface area (Å²) in [7, 11) is 1.86. The van der Waals surface area contributed by atoms with Gasteiger partial charge < -0.3 is 15.6 Å². The molecule has 5 nitrogen and oxygen atoms in total. The topological polar surface area (TPSA) is 74.0 Å². The minimum Gasteiger partial charge on any atom is -0.352 e. The van der Waals surface area contributed by atoms with Crippen LogP contribution in [0.2, 0.25) is 0 Å². The van der Waals surface area contributed by atoms with Crippen molar-refractivity contribution in [3.8, 4) is 0 Å². The van der Waals surface area contributed by atoms with Gasteiger partial charge >= 0.3 is 0 Å². The van der Waals surface area contributed by atoms with Crippen LogP contribution in [0, 0.1) is 0 Å². The van der Waals surface area contributed by atoms with Gasteiger partial charge in [-0.25, -0.2) is 0 Å². The number of amides is 1. The van der Waals surface area contributed by atoms with Crippen molar-refractivity contribution in [2.24, 2.45) is 0 Å². The maximum Gasteiger partial charge on any atom is 0.252 e. The first-order chi connectivity index (χ1) is 9.61. The van der Waals surface area contributed by atoms with Gasteiger partial charge in [-0.1, -0.05) is 15.9 Å². The first-order valence-electron chi connectivity index (χ1n) is 6.37. The van der Waals surface area contributed by atoms with Crippen molar-refractivity contribution in [3.05, 3.63) is 44.7 Å². The van der Waals surface area contributed by atoms with E-state index >= 15 is 0 Å². The van der Waals surface area contributed by atoms with Gasteiger partial charge in [0.15, 0.2) is 0 Å². The van der Waals surface area contributed by atoms with E-state index in [0.29, 0.717) is 17.6 Å². The number of rotatable bonds is 5. The standard InChI is InChI=1S/C14H16BrN3O2/c1-16-5-2-6-17-14(20)11-8-13(19)18-12-4-3-9(15)7-10(11)12/h3-4,7-8,16H,2,5-6H2,1H3,(H,17,20)(H,18,19). The van der Waals surface area contributed by atoms with Gasteiger partial charge in [0, 0.05) is 28.0 Å². The molecular weight excluding hydrogens is 322 g/mol. The van der Waals surface area contributed by atoms with Gasteiger partial charge in [-0.3, -0.25) is 9.59 Å². The number of H-pyrrole nitrogens is 1. The molecule has 2 rings (SSSR count). The average molecular weight is 338 g/mol. The van der Waals surface area contributed by atoms with Crippen molar-refractivity contribution in [1.29, 1.82) is 0 Å². The fourth-order valence-electron chi connectivity index (χ4n) is 1.98. The summed E-state index contributed by atoms with van der Waals surface area (Å²) in [5.74, 6) is -0.227. The Bertz CT molecular complexity index is 682. The Morgan fingerprint density at radius 3 is 2.85 bits per heavy atom. The van der Waals surface area contributed by atoms with E-state index in [1.165, 1.54) is 6.07 Å². The number of carbonyl (C=O) groups excluding carboxylic acids is 1. The summed E-state index contributed by atoms with van der Waals surface area (Å²) in [4.78, 5) is 26.5. The van der Waals surface area contributed by atoms with E-state index in [-0.39, 0.29) is 11.5 Å². The molecule has 1 amide bonds. The van der Waals surface area contributed by atoms with E-state index in [2.05, 4.69) is 31.5 Å².